The molecule has 3 heteroatoms. The predicted molar refractivity (Wildman–Crippen MR) is 48.0 cm³/mol. The van der Waals surface area contributed by atoms with Crippen LogP contribution in [0.1, 0.15) is 44.9 Å². The van der Waals surface area contributed by atoms with Crippen molar-refractivity contribution in [3.63, 3.8) is 0 Å². The topological polar surface area (TPSA) is 12.0 Å². The van der Waals surface area contributed by atoms with E-state index < -0.39 is 12.0 Å². The van der Waals surface area contributed by atoms with Crippen LogP contribution in [-0.2, 0) is 0 Å². The predicted octanol–water partition coefficient (Wildman–Crippen LogP) is 2.71. The molecule has 0 aromatic heterocycles. The third-order valence-corrected chi connectivity index (χ3v) is 3.30. The van der Waals surface area contributed by atoms with Gasteiger partial charge in [0.1, 0.15) is 0 Å². The van der Waals surface area contributed by atoms with E-state index in [1.54, 1.807) is 0 Å². The van der Waals surface area contributed by atoms with E-state index in [0.717, 1.165) is 12.8 Å². The van der Waals surface area contributed by atoms with Gasteiger partial charge >= 0.3 is 0 Å². The third-order valence-electron chi connectivity index (χ3n) is 3.30. The van der Waals surface area contributed by atoms with Gasteiger partial charge in [-0.15, -0.1) is 0 Å². The van der Waals surface area contributed by atoms with Crippen molar-refractivity contribution in [1.29, 1.82) is 0 Å². The number of alkyl halides is 2. The maximum absolute atomic E-state index is 13.2. The highest BCUT2D eigenvalue weighted by Gasteiger charge is 2.44. The molecule has 0 aliphatic heterocycles. The maximum Gasteiger partial charge on any atom is 0.263 e. The van der Waals surface area contributed by atoms with Gasteiger partial charge in [-0.25, -0.2) is 8.78 Å². The second-order valence-electron chi connectivity index (χ2n) is 4.35. The third kappa shape index (κ3) is 2.01. The molecule has 0 heterocycles. The van der Waals surface area contributed by atoms with Crippen molar-refractivity contribution in [3.05, 3.63) is 0 Å². The Hall–Kier alpha value is -0.180. The summed E-state index contributed by atoms with van der Waals surface area (Å²) in [7, 11) is 0. The van der Waals surface area contributed by atoms with Crippen molar-refractivity contribution in [2.45, 2.75) is 63.0 Å². The van der Waals surface area contributed by atoms with Crippen molar-refractivity contribution in [2.24, 2.45) is 0 Å². The number of nitrogens with one attached hydrogen (secondary N) is 1. The Kier molecular flexibility index (Phi) is 2.54. The molecule has 1 unspecified atom stereocenters. The molecule has 2 saturated carbocycles. The largest absolute Gasteiger partial charge is 0.306 e. The van der Waals surface area contributed by atoms with Crippen LogP contribution in [0.3, 0.4) is 0 Å². The van der Waals surface area contributed by atoms with E-state index in [9.17, 15) is 8.78 Å². The first-order valence-corrected chi connectivity index (χ1v) is 5.32. The molecule has 0 spiro atoms. The Bertz CT molecular complexity index is 176. The summed E-state index contributed by atoms with van der Waals surface area (Å²) in [5.74, 6) is -2.44. The Morgan fingerprint density at radius 1 is 1.00 bits per heavy atom. The van der Waals surface area contributed by atoms with Gasteiger partial charge in [0, 0.05) is 12.5 Å². The van der Waals surface area contributed by atoms with Crippen LogP contribution in [0.5, 0.6) is 0 Å². The van der Waals surface area contributed by atoms with Crippen molar-refractivity contribution in [3.8, 4) is 0 Å². The molecule has 1 N–H and O–H groups in total. The van der Waals surface area contributed by atoms with Gasteiger partial charge in [0.25, 0.3) is 5.92 Å². The molecule has 2 fully saturated rings. The molecular formula is C10H17F2N. The normalized spacial score (nSPS) is 34.2. The van der Waals surface area contributed by atoms with Crippen LogP contribution in [0, 0.1) is 0 Å². The van der Waals surface area contributed by atoms with Crippen LogP contribution in [0.15, 0.2) is 0 Å². The fraction of sp³-hybridized carbons (Fsp3) is 1.00. The standard InChI is InChI=1S/C10H17F2N/c11-10(12)7-3-6-9(10)13-8-4-1-2-5-8/h8-9,13H,1-7H2. The molecule has 1 nitrogen and oxygen atoms in total. The summed E-state index contributed by atoms with van der Waals surface area (Å²) in [5, 5.41) is 3.12. The molecule has 0 aromatic rings. The van der Waals surface area contributed by atoms with Gasteiger partial charge in [-0.3, -0.25) is 0 Å². The Morgan fingerprint density at radius 3 is 2.23 bits per heavy atom. The van der Waals surface area contributed by atoms with E-state index in [0.29, 0.717) is 18.9 Å². The molecule has 2 aliphatic carbocycles. The Labute approximate surface area is 77.9 Å². The molecule has 2 rings (SSSR count). The fourth-order valence-corrected chi connectivity index (χ4v) is 2.51. The SMILES string of the molecule is FC1(F)CCCC1NC1CCCC1. The zero-order valence-electron chi connectivity index (χ0n) is 7.86. The first-order chi connectivity index (χ1) is 6.18. The first kappa shape index (κ1) is 9.38. The lowest BCUT2D eigenvalue weighted by molar-refractivity contribution is -0.0209. The van der Waals surface area contributed by atoms with E-state index >= 15 is 0 Å². The second-order valence-corrected chi connectivity index (χ2v) is 4.35. The Morgan fingerprint density at radius 2 is 1.69 bits per heavy atom. The van der Waals surface area contributed by atoms with E-state index in [2.05, 4.69) is 5.32 Å². The zero-order chi connectivity index (χ0) is 9.31. The van der Waals surface area contributed by atoms with Gasteiger partial charge in [-0.2, -0.15) is 0 Å². The summed E-state index contributed by atoms with van der Waals surface area (Å²) in [6, 6.07) is -0.162. The number of hydrogen-bond donors (Lipinski definition) is 1. The highest BCUT2D eigenvalue weighted by atomic mass is 19.3. The van der Waals surface area contributed by atoms with Crippen molar-refractivity contribution >= 4 is 0 Å². The smallest absolute Gasteiger partial charge is 0.263 e. The van der Waals surface area contributed by atoms with Gasteiger partial charge in [0.05, 0.1) is 6.04 Å². The van der Waals surface area contributed by atoms with Crippen LogP contribution in [0.4, 0.5) is 8.78 Å². The second kappa shape index (κ2) is 3.52. The van der Waals surface area contributed by atoms with Crippen LogP contribution in [0.2, 0.25) is 0 Å². The summed E-state index contributed by atoms with van der Waals surface area (Å²) in [6.07, 6.45) is 6.00. The lowest BCUT2D eigenvalue weighted by Crippen LogP contribution is -2.45. The molecule has 0 saturated heterocycles. The first-order valence-electron chi connectivity index (χ1n) is 5.32. The highest BCUT2D eigenvalue weighted by molar-refractivity contribution is 4.92. The molecule has 0 aromatic carbocycles. The van der Waals surface area contributed by atoms with Gasteiger partial charge < -0.3 is 5.32 Å². The van der Waals surface area contributed by atoms with E-state index in [1.807, 2.05) is 0 Å². The van der Waals surface area contributed by atoms with Gasteiger partial charge in [0.2, 0.25) is 0 Å². The molecule has 2 aliphatic rings. The van der Waals surface area contributed by atoms with E-state index in [1.165, 1.54) is 12.8 Å². The quantitative estimate of drug-likeness (QED) is 0.704. The minimum atomic E-state index is -2.44. The minimum absolute atomic E-state index is 0.0807. The summed E-state index contributed by atoms with van der Waals surface area (Å²) < 4.78 is 26.4. The monoisotopic (exact) mass is 189 g/mol. The molecule has 13 heavy (non-hydrogen) atoms. The molecule has 76 valence electrons. The van der Waals surface area contributed by atoms with Crippen molar-refractivity contribution < 1.29 is 8.78 Å². The summed E-state index contributed by atoms with van der Waals surface area (Å²) >= 11 is 0. The van der Waals surface area contributed by atoms with Crippen LogP contribution >= 0.6 is 0 Å². The number of hydrogen-bond acceptors (Lipinski definition) is 1. The van der Waals surface area contributed by atoms with Crippen LogP contribution in [-0.4, -0.2) is 18.0 Å². The lowest BCUT2D eigenvalue weighted by atomic mass is 10.1. The van der Waals surface area contributed by atoms with Crippen molar-refractivity contribution in [1.82, 2.24) is 5.32 Å². The summed E-state index contributed by atoms with van der Waals surface area (Å²) in [4.78, 5) is 0. The molecule has 1 atom stereocenters. The average Bonchev–Trinajstić information content (AvgIpc) is 2.63. The molecule has 0 amide bonds. The van der Waals surface area contributed by atoms with Crippen LogP contribution in [0.25, 0.3) is 0 Å². The molecule has 0 radical (unpaired) electrons. The minimum Gasteiger partial charge on any atom is -0.306 e. The zero-order valence-corrected chi connectivity index (χ0v) is 7.86. The number of rotatable bonds is 2. The maximum atomic E-state index is 13.2. The highest BCUT2D eigenvalue weighted by Crippen LogP contribution is 2.36. The van der Waals surface area contributed by atoms with Gasteiger partial charge in [-0.1, -0.05) is 12.8 Å². The van der Waals surface area contributed by atoms with Crippen molar-refractivity contribution in [2.75, 3.05) is 0 Å². The van der Waals surface area contributed by atoms with E-state index in [4.69, 9.17) is 0 Å². The molecular weight excluding hydrogens is 172 g/mol. The fourth-order valence-electron chi connectivity index (χ4n) is 2.51. The summed E-state index contributed by atoms with van der Waals surface area (Å²) in [5.41, 5.74) is 0. The van der Waals surface area contributed by atoms with E-state index in [-0.39, 0.29) is 6.42 Å². The Balaban J connectivity index is 1.86. The average molecular weight is 189 g/mol. The van der Waals surface area contributed by atoms with Gasteiger partial charge in [-0.05, 0) is 25.7 Å². The molecule has 0 bridgehead atoms. The lowest BCUT2D eigenvalue weighted by Gasteiger charge is -2.24. The van der Waals surface area contributed by atoms with Gasteiger partial charge in [0.15, 0.2) is 0 Å². The summed E-state index contributed by atoms with van der Waals surface area (Å²) in [6.45, 7) is 0. The van der Waals surface area contributed by atoms with Crippen LogP contribution < -0.4 is 5.32 Å². The number of halogens is 2.